The first-order valence-corrected chi connectivity index (χ1v) is 8.41. The second kappa shape index (κ2) is 5.88. The minimum atomic E-state index is -0.372. The van der Waals surface area contributed by atoms with Crippen LogP contribution in [-0.4, -0.2) is 21.9 Å². The Bertz CT molecular complexity index is 708. The van der Waals surface area contributed by atoms with Gasteiger partial charge in [-0.1, -0.05) is 45.0 Å². The van der Waals surface area contributed by atoms with Crippen molar-refractivity contribution in [2.75, 3.05) is 6.54 Å². The van der Waals surface area contributed by atoms with E-state index in [1.165, 1.54) is 16.8 Å². The van der Waals surface area contributed by atoms with Crippen LogP contribution in [0.2, 0.25) is 0 Å². The smallest absolute Gasteiger partial charge is 0.228 e. The molecule has 3 heteroatoms. The summed E-state index contributed by atoms with van der Waals surface area (Å²) >= 11 is 0. The fraction of sp³-hybridized carbons (Fsp3) is 0.450. The van der Waals surface area contributed by atoms with E-state index < -0.39 is 0 Å². The van der Waals surface area contributed by atoms with E-state index in [0.717, 1.165) is 19.5 Å². The van der Waals surface area contributed by atoms with Crippen LogP contribution in [0.3, 0.4) is 0 Å². The van der Waals surface area contributed by atoms with E-state index in [1.54, 1.807) is 0 Å². The SMILES string of the molecule is Cc1ccccc1C1c2cccn2CCCN1C(=O)C(C)(C)C. The summed E-state index contributed by atoms with van der Waals surface area (Å²) in [6.07, 6.45) is 3.12. The molecular weight excluding hydrogens is 284 g/mol. The topological polar surface area (TPSA) is 25.2 Å². The van der Waals surface area contributed by atoms with Crippen LogP contribution >= 0.6 is 0 Å². The molecule has 1 amide bonds. The van der Waals surface area contributed by atoms with Gasteiger partial charge in [-0.25, -0.2) is 0 Å². The molecule has 0 bridgehead atoms. The summed E-state index contributed by atoms with van der Waals surface area (Å²) in [5.74, 6) is 0.223. The molecule has 3 nitrogen and oxygen atoms in total. The Kier molecular flexibility index (Phi) is 4.05. The predicted molar refractivity (Wildman–Crippen MR) is 93.2 cm³/mol. The molecule has 122 valence electrons. The summed E-state index contributed by atoms with van der Waals surface area (Å²) in [6.45, 7) is 9.93. The van der Waals surface area contributed by atoms with Crippen molar-refractivity contribution in [3.05, 3.63) is 59.4 Å². The van der Waals surface area contributed by atoms with Crippen LogP contribution in [0, 0.1) is 12.3 Å². The van der Waals surface area contributed by atoms with Crippen LogP contribution in [0.4, 0.5) is 0 Å². The van der Waals surface area contributed by atoms with Crippen LogP contribution in [0.1, 0.15) is 50.1 Å². The first-order valence-electron chi connectivity index (χ1n) is 8.41. The third kappa shape index (κ3) is 2.92. The molecule has 1 aromatic heterocycles. The Morgan fingerprint density at radius 1 is 1.09 bits per heavy atom. The van der Waals surface area contributed by atoms with Gasteiger partial charge in [0.15, 0.2) is 0 Å². The molecule has 2 heterocycles. The lowest BCUT2D eigenvalue weighted by Crippen LogP contribution is -2.42. The Labute approximate surface area is 138 Å². The number of rotatable bonds is 1. The van der Waals surface area contributed by atoms with Gasteiger partial charge in [-0.05, 0) is 36.6 Å². The highest BCUT2D eigenvalue weighted by Gasteiger charge is 2.36. The van der Waals surface area contributed by atoms with Gasteiger partial charge in [0, 0.05) is 30.4 Å². The third-order valence-electron chi connectivity index (χ3n) is 4.64. The first-order chi connectivity index (χ1) is 10.9. The molecule has 0 saturated heterocycles. The van der Waals surface area contributed by atoms with Crippen LogP contribution in [0.15, 0.2) is 42.6 Å². The van der Waals surface area contributed by atoms with Crippen molar-refractivity contribution in [1.29, 1.82) is 0 Å². The van der Waals surface area contributed by atoms with Gasteiger partial charge < -0.3 is 9.47 Å². The van der Waals surface area contributed by atoms with Crippen molar-refractivity contribution < 1.29 is 4.79 Å². The molecule has 0 spiro atoms. The maximum atomic E-state index is 13.1. The van der Waals surface area contributed by atoms with E-state index in [9.17, 15) is 4.79 Å². The summed E-state index contributed by atoms with van der Waals surface area (Å²) < 4.78 is 2.30. The molecule has 1 atom stereocenters. The molecular formula is C20H26N2O. The highest BCUT2D eigenvalue weighted by atomic mass is 16.2. The number of benzene rings is 1. The zero-order valence-corrected chi connectivity index (χ0v) is 14.5. The predicted octanol–water partition coefficient (Wildman–Crippen LogP) is 4.16. The molecule has 1 aliphatic heterocycles. The van der Waals surface area contributed by atoms with Crippen molar-refractivity contribution in [2.24, 2.45) is 5.41 Å². The number of carbonyl (C=O) groups excluding carboxylic acids is 1. The first kappa shape index (κ1) is 15.9. The Morgan fingerprint density at radius 2 is 1.83 bits per heavy atom. The lowest BCUT2D eigenvalue weighted by atomic mass is 9.91. The second-order valence-corrected chi connectivity index (χ2v) is 7.49. The Balaban J connectivity index is 2.15. The minimum Gasteiger partial charge on any atom is -0.349 e. The van der Waals surface area contributed by atoms with Crippen LogP contribution in [0.5, 0.6) is 0 Å². The van der Waals surface area contributed by atoms with Crippen LogP contribution in [0.25, 0.3) is 0 Å². The zero-order valence-electron chi connectivity index (χ0n) is 14.5. The summed E-state index contributed by atoms with van der Waals surface area (Å²) in [5.41, 5.74) is 3.31. The maximum absolute atomic E-state index is 13.1. The van der Waals surface area contributed by atoms with E-state index >= 15 is 0 Å². The van der Waals surface area contributed by atoms with E-state index in [2.05, 4.69) is 59.0 Å². The van der Waals surface area contributed by atoms with E-state index in [0.29, 0.717) is 0 Å². The summed E-state index contributed by atoms with van der Waals surface area (Å²) in [6, 6.07) is 12.7. The average molecular weight is 310 g/mol. The lowest BCUT2D eigenvalue weighted by Gasteiger charge is -2.36. The van der Waals surface area contributed by atoms with Crippen molar-refractivity contribution in [3.8, 4) is 0 Å². The average Bonchev–Trinajstić information content (AvgIpc) is 2.87. The summed E-state index contributed by atoms with van der Waals surface area (Å²) in [4.78, 5) is 15.2. The van der Waals surface area contributed by atoms with E-state index in [-0.39, 0.29) is 17.4 Å². The third-order valence-corrected chi connectivity index (χ3v) is 4.64. The van der Waals surface area contributed by atoms with Crippen LogP contribution < -0.4 is 0 Å². The molecule has 3 rings (SSSR count). The molecule has 0 fully saturated rings. The fourth-order valence-electron chi connectivity index (χ4n) is 3.45. The highest BCUT2D eigenvalue weighted by Crippen LogP contribution is 2.36. The number of carbonyl (C=O) groups is 1. The lowest BCUT2D eigenvalue weighted by molar-refractivity contribution is -0.141. The van der Waals surface area contributed by atoms with Gasteiger partial charge in [0.05, 0.1) is 6.04 Å². The second-order valence-electron chi connectivity index (χ2n) is 7.49. The zero-order chi connectivity index (χ0) is 16.6. The number of nitrogens with zero attached hydrogens (tertiary/aromatic N) is 2. The molecule has 0 N–H and O–H groups in total. The highest BCUT2D eigenvalue weighted by molar-refractivity contribution is 5.82. The van der Waals surface area contributed by atoms with Crippen molar-refractivity contribution in [3.63, 3.8) is 0 Å². The molecule has 0 radical (unpaired) electrons. The normalized spacial score (nSPS) is 18.4. The monoisotopic (exact) mass is 310 g/mol. The maximum Gasteiger partial charge on any atom is 0.228 e. The minimum absolute atomic E-state index is 0.000394. The number of hydrogen-bond acceptors (Lipinski definition) is 1. The molecule has 1 aliphatic rings. The molecule has 0 aliphatic carbocycles. The van der Waals surface area contributed by atoms with Crippen molar-refractivity contribution in [1.82, 2.24) is 9.47 Å². The molecule has 1 aromatic carbocycles. The number of fused-ring (bicyclic) bond motifs is 1. The number of aromatic nitrogens is 1. The molecule has 1 unspecified atom stereocenters. The molecule has 2 aromatic rings. The summed E-state index contributed by atoms with van der Waals surface area (Å²) in [5, 5.41) is 0. The number of aryl methyl sites for hydroxylation is 2. The van der Waals surface area contributed by atoms with Crippen LogP contribution in [-0.2, 0) is 11.3 Å². The van der Waals surface area contributed by atoms with Gasteiger partial charge in [0.2, 0.25) is 5.91 Å². The van der Waals surface area contributed by atoms with Gasteiger partial charge in [0.25, 0.3) is 0 Å². The van der Waals surface area contributed by atoms with Gasteiger partial charge in [-0.3, -0.25) is 4.79 Å². The molecule has 0 saturated carbocycles. The van der Waals surface area contributed by atoms with Crippen molar-refractivity contribution >= 4 is 5.91 Å². The van der Waals surface area contributed by atoms with Crippen molar-refractivity contribution in [2.45, 2.75) is 46.7 Å². The Hall–Kier alpha value is -2.03. The fourth-order valence-corrected chi connectivity index (χ4v) is 3.45. The number of hydrogen-bond donors (Lipinski definition) is 0. The van der Waals surface area contributed by atoms with Gasteiger partial charge in [-0.15, -0.1) is 0 Å². The van der Waals surface area contributed by atoms with Gasteiger partial charge in [-0.2, -0.15) is 0 Å². The van der Waals surface area contributed by atoms with Gasteiger partial charge in [0.1, 0.15) is 0 Å². The standard InChI is InChI=1S/C20H26N2O/c1-15-9-5-6-10-16(15)18-17-11-7-12-21(17)13-8-14-22(18)19(23)20(2,3)4/h5-7,9-12,18H,8,13-14H2,1-4H3. The van der Waals surface area contributed by atoms with Gasteiger partial charge >= 0.3 is 0 Å². The quantitative estimate of drug-likeness (QED) is 0.776. The van der Waals surface area contributed by atoms with E-state index in [4.69, 9.17) is 0 Å². The number of amides is 1. The largest absolute Gasteiger partial charge is 0.349 e. The van der Waals surface area contributed by atoms with E-state index in [1.807, 2.05) is 20.8 Å². The molecule has 23 heavy (non-hydrogen) atoms. The Morgan fingerprint density at radius 3 is 2.52 bits per heavy atom. The summed E-state index contributed by atoms with van der Waals surface area (Å²) in [7, 11) is 0.